The molecular weight excluding hydrogens is 396 g/mol. The van der Waals surface area contributed by atoms with Crippen molar-refractivity contribution in [3.63, 3.8) is 0 Å². The number of rotatable bonds is 4. The van der Waals surface area contributed by atoms with Crippen LogP contribution in [0.5, 0.6) is 0 Å². The first-order valence-electron chi connectivity index (χ1n) is 10.7. The summed E-state index contributed by atoms with van der Waals surface area (Å²) in [6, 6.07) is 24.2. The number of thiazole rings is 1. The van der Waals surface area contributed by atoms with E-state index in [1.165, 1.54) is 55.3 Å². The molecule has 154 valence electrons. The molecule has 0 bridgehead atoms. The largest absolute Gasteiger partial charge is 0.346 e. The molecule has 0 spiro atoms. The third-order valence-corrected chi connectivity index (χ3v) is 6.98. The number of aromatic nitrogens is 2. The summed E-state index contributed by atoms with van der Waals surface area (Å²) < 4.78 is 4.84. The molecule has 0 saturated heterocycles. The standard InChI is InChI=1S/C28H27N2S/c1-19-10-12-24(21(3)14-19)26-17-30-27(25-13-11-20(2)15-22(25)4)18-31-28(30)29(26)16-23-8-6-5-7-9-23/h5-15,17-18H,16H2,1-4H3/q+1. The lowest BCUT2D eigenvalue weighted by molar-refractivity contribution is -0.649. The predicted molar refractivity (Wildman–Crippen MR) is 131 cm³/mol. The van der Waals surface area contributed by atoms with Crippen molar-refractivity contribution in [2.75, 3.05) is 0 Å². The van der Waals surface area contributed by atoms with Gasteiger partial charge in [0, 0.05) is 16.5 Å². The molecule has 0 amide bonds. The minimum Gasteiger partial charge on any atom is -0.209 e. The van der Waals surface area contributed by atoms with Gasteiger partial charge in [0.25, 0.3) is 0 Å². The zero-order valence-electron chi connectivity index (χ0n) is 18.5. The van der Waals surface area contributed by atoms with Gasteiger partial charge in [-0.15, -0.1) is 0 Å². The van der Waals surface area contributed by atoms with Crippen molar-refractivity contribution in [3.05, 3.63) is 106 Å². The van der Waals surface area contributed by atoms with Gasteiger partial charge in [-0.1, -0.05) is 89.2 Å². The van der Waals surface area contributed by atoms with Crippen LogP contribution in [0.4, 0.5) is 0 Å². The molecule has 0 aliphatic heterocycles. The van der Waals surface area contributed by atoms with Crippen molar-refractivity contribution >= 4 is 16.3 Å². The van der Waals surface area contributed by atoms with Gasteiger partial charge >= 0.3 is 4.96 Å². The van der Waals surface area contributed by atoms with Crippen molar-refractivity contribution in [1.82, 2.24) is 4.40 Å². The molecule has 5 rings (SSSR count). The Bertz CT molecular complexity index is 1390. The highest BCUT2D eigenvalue weighted by Crippen LogP contribution is 2.32. The zero-order valence-corrected chi connectivity index (χ0v) is 19.3. The number of aryl methyl sites for hydroxylation is 4. The number of imidazole rings is 1. The lowest BCUT2D eigenvalue weighted by atomic mass is 10.0. The fraction of sp³-hybridized carbons (Fsp3) is 0.179. The number of hydrogen-bond acceptors (Lipinski definition) is 1. The maximum Gasteiger partial charge on any atom is 0.346 e. The molecule has 2 heterocycles. The summed E-state index contributed by atoms with van der Waals surface area (Å²) in [7, 11) is 0. The number of hydrogen-bond donors (Lipinski definition) is 0. The van der Waals surface area contributed by atoms with Gasteiger partial charge in [0.2, 0.25) is 0 Å². The van der Waals surface area contributed by atoms with Crippen molar-refractivity contribution in [2.24, 2.45) is 0 Å². The molecule has 2 nitrogen and oxygen atoms in total. The summed E-state index contributed by atoms with van der Waals surface area (Å²) in [5.74, 6) is 0. The van der Waals surface area contributed by atoms with Crippen LogP contribution >= 0.6 is 11.3 Å². The van der Waals surface area contributed by atoms with Gasteiger partial charge in [-0.25, -0.2) is 4.57 Å². The van der Waals surface area contributed by atoms with Crippen LogP contribution in [0, 0.1) is 27.7 Å². The van der Waals surface area contributed by atoms with Crippen LogP contribution in [0.2, 0.25) is 0 Å². The van der Waals surface area contributed by atoms with Gasteiger partial charge in [-0.3, -0.25) is 0 Å². The molecule has 31 heavy (non-hydrogen) atoms. The number of fused-ring (bicyclic) bond motifs is 1. The molecule has 0 atom stereocenters. The monoisotopic (exact) mass is 423 g/mol. The minimum absolute atomic E-state index is 0.854. The highest BCUT2D eigenvalue weighted by Gasteiger charge is 2.25. The molecule has 0 unspecified atom stereocenters. The van der Waals surface area contributed by atoms with Crippen LogP contribution < -0.4 is 4.57 Å². The summed E-state index contributed by atoms with van der Waals surface area (Å²) in [6.45, 7) is 9.59. The molecule has 2 aromatic heterocycles. The molecule has 0 aliphatic rings. The number of nitrogens with zero attached hydrogens (tertiary/aromatic N) is 2. The van der Waals surface area contributed by atoms with E-state index in [0.717, 1.165) is 6.54 Å². The summed E-state index contributed by atoms with van der Waals surface area (Å²) in [4.78, 5) is 1.26. The Morgan fingerprint density at radius 1 is 0.774 bits per heavy atom. The third kappa shape index (κ3) is 3.60. The average Bonchev–Trinajstić information content (AvgIpc) is 3.29. The summed E-state index contributed by atoms with van der Waals surface area (Å²) >= 11 is 1.82. The maximum absolute atomic E-state index is 2.46. The maximum atomic E-state index is 2.46. The lowest BCUT2D eigenvalue weighted by Gasteiger charge is -2.06. The second kappa shape index (κ2) is 7.82. The molecule has 0 radical (unpaired) electrons. The summed E-state index contributed by atoms with van der Waals surface area (Å²) in [6.07, 6.45) is 2.32. The zero-order chi connectivity index (χ0) is 21.5. The second-order valence-electron chi connectivity index (χ2n) is 8.50. The third-order valence-electron chi connectivity index (χ3n) is 6.01. The van der Waals surface area contributed by atoms with E-state index in [2.05, 4.69) is 115 Å². The molecular formula is C28H27N2S+. The van der Waals surface area contributed by atoms with E-state index >= 15 is 0 Å². The van der Waals surface area contributed by atoms with E-state index in [9.17, 15) is 0 Å². The Morgan fingerprint density at radius 2 is 1.42 bits per heavy atom. The van der Waals surface area contributed by atoms with E-state index in [1.54, 1.807) is 0 Å². The van der Waals surface area contributed by atoms with E-state index in [-0.39, 0.29) is 0 Å². The number of benzene rings is 3. The fourth-order valence-corrected chi connectivity index (χ4v) is 5.48. The first-order valence-corrected chi connectivity index (χ1v) is 11.6. The quantitative estimate of drug-likeness (QED) is 0.278. The molecule has 0 saturated carbocycles. The van der Waals surface area contributed by atoms with Gasteiger partial charge in [-0.05, 0) is 44.4 Å². The predicted octanol–water partition coefficient (Wildman–Crippen LogP) is 6.90. The van der Waals surface area contributed by atoms with E-state index in [1.807, 2.05) is 11.3 Å². The molecule has 5 aromatic rings. The highest BCUT2D eigenvalue weighted by atomic mass is 32.1. The van der Waals surface area contributed by atoms with Gasteiger partial charge in [0.05, 0.1) is 0 Å². The molecule has 0 fully saturated rings. The topological polar surface area (TPSA) is 8.29 Å². The average molecular weight is 424 g/mol. The SMILES string of the molecule is Cc1ccc(-c2csc3n2cc(-c2ccc(C)cc2C)[n+]3Cc2ccccc2)c(C)c1. The Hall–Kier alpha value is -3.17. The van der Waals surface area contributed by atoms with Gasteiger partial charge in [0.1, 0.15) is 12.7 Å². The first-order chi connectivity index (χ1) is 15.0. The van der Waals surface area contributed by atoms with Crippen molar-refractivity contribution in [1.29, 1.82) is 0 Å². The smallest absolute Gasteiger partial charge is 0.209 e. The van der Waals surface area contributed by atoms with Crippen molar-refractivity contribution in [2.45, 2.75) is 34.2 Å². The normalized spacial score (nSPS) is 11.4. The fourth-order valence-electron chi connectivity index (χ4n) is 4.47. The van der Waals surface area contributed by atoms with Gasteiger partial charge in [0.15, 0.2) is 11.4 Å². The molecule has 3 heteroatoms. The van der Waals surface area contributed by atoms with Crippen LogP contribution in [-0.4, -0.2) is 4.40 Å². The van der Waals surface area contributed by atoms with E-state index in [4.69, 9.17) is 0 Å². The van der Waals surface area contributed by atoms with Crippen LogP contribution in [0.3, 0.4) is 0 Å². The minimum atomic E-state index is 0.854. The van der Waals surface area contributed by atoms with Crippen molar-refractivity contribution < 1.29 is 4.57 Å². The lowest BCUT2D eigenvalue weighted by Crippen LogP contribution is -2.35. The van der Waals surface area contributed by atoms with Crippen molar-refractivity contribution in [3.8, 4) is 22.5 Å². The van der Waals surface area contributed by atoms with Crippen LogP contribution in [0.1, 0.15) is 27.8 Å². The van der Waals surface area contributed by atoms with Gasteiger partial charge < -0.3 is 0 Å². The van der Waals surface area contributed by atoms with Crippen LogP contribution in [0.25, 0.3) is 27.5 Å². The first kappa shape index (κ1) is 19.8. The van der Waals surface area contributed by atoms with Crippen LogP contribution in [-0.2, 0) is 6.54 Å². The molecule has 0 N–H and O–H groups in total. The Balaban J connectivity index is 1.74. The highest BCUT2D eigenvalue weighted by molar-refractivity contribution is 7.15. The van der Waals surface area contributed by atoms with E-state index < -0.39 is 0 Å². The van der Waals surface area contributed by atoms with Crippen LogP contribution in [0.15, 0.2) is 78.3 Å². The summed E-state index contributed by atoms with van der Waals surface area (Å²) in [5, 5.41) is 2.29. The summed E-state index contributed by atoms with van der Waals surface area (Å²) in [5.41, 5.74) is 11.7. The molecule has 3 aromatic carbocycles. The molecule has 0 aliphatic carbocycles. The Kier molecular flexibility index (Phi) is 4.99. The Labute approximate surface area is 188 Å². The Morgan fingerprint density at radius 3 is 2.06 bits per heavy atom. The van der Waals surface area contributed by atoms with E-state index in [0.29, 0.717) is 0 Å². The second-order valence-corrected chi connectivity index (χ2v) is 9.33. The van der Waals surface area contributed by atoms with Gasteiger partial charge in [-0.2, -0.15) is 4.40 Å².